The van der Waals surface area contributed by atoms with Crippen molar-refractivity contribution in [3.05, 3.63) is 0 Å². The standard InChI is InChI=1S/C7H14N2O/c1-8-4-3-7(5-8)9(2)6-10/h6-7H,3-5H2,1-2H3. The number of hydrogen-bond donors (Lipinski definition) is 0. The Morgan fingerprint density at radius 1 is 1.70 bits per heavy atom. The van der Waals surface area contributed by atoms with Crippen LogP contribution in [0.1, 0.15) is 6.42 Å². The van der Waals surface area contributed by atoms with E-state index in [9.17, 15) is 4.79 Å². The molecule has 0 saturated carbocycles. The van der Waals surface area contributed by atoms with Gasteiger partial charge >= 0.3 is 0 Å². The maximum absolute atomic E-state index is 10.3. The van der Waals surface area contributed by atoms with Crippen molar-refractivity contribution in [2.45, 2.75) is 12.5 Å². The maximum atomic E-state index is 10.3. The van der Waals surface area contributed by atoms with E-state index in [-0.39, 0.29) is 0 Å². The predicted molar refractivity (Wildman–Crippen MR) is 39.7 cm³/mol. The summed E-state index contributed by atoms with van der Waals surface area (Å²) in [6, 6.07) is 0.447. The highest BCUT2D eigenvalue weighted by molar-refractivity contribution is 5.47. The van der Waals surface area contributed by atoms with Crippen molar-refractivity contribution in [1.82, 2.24) is 9.80 Å². The van der Waals surface area contributed by atoms with Gasteiger partial charge in [-0.3, -0.25) is 4.79 Å². The number of likely N-dealkylation sites (tertiary alicyclic amines) is 1. The van der Waals surface area contributed by atoms with Gasteiger partial charge in [0.25, 0.3) is 0 Å². The Hall–Kier alpha value is -0.570. The molecule has 0 aromatic heterocycles. The van der Waals surface area contributed by atoms with Gasteiger partial charge in [0.2, 0.25) is 6.41 Å². The number of nitrogens with zero attached hydrogens (tertiary/aromatic N) is 2. The zero-order chi connectivity index (χ0) is 7.56. The van der Waals surface area contributed by atoms with Gasteiger partial charge in [-0.05, 0) is 20.0 Å². The molecule has 0 aromatic rings. The first-order valence-corrected chi connectivity index (χ1v) is 3.60. The molecule has 3 nitrogen and oxygen atoms in total. The van der Waals surface area contributed by atoms with E-state index >= 15 is 0 Å². The summed E-state index contributed by atoms with van der Waals surface area (Å²) in [6.07, 6.45) is 2.02. The SMILES string of the molecule is CN1CCC(N(C)C=O)C1. The first-order valence-electron chi connectivity index (χ1n) is 3.60. The van der Waals surface area contributed by atoms with Crippen LogP contribution in [0.4, 0.5) is 0 Å². The first-order chi connectivity index (χ1) is 4.74. The number of carbonyl (C=O) groups excluding carboxylic acids is 1. The average Bonchev–Trinajstić information content (AvgIpc) is 2.34. The average molecular weight is 142 g/mol. The third-order valence-corrected chi connectivity index (χ3v) is 2.11. The van der Waals surface area contributed by atoms with Crippen molar-refractivity contribution < 1.29 is 4.79 Å². The van der Waals surface area contributed by atoms with Crippen molar-refractivity contribution >= 4 is 6.41 Å². The molecule has 1 saturated heterocycles. The number of rotatable bonds is 2. The Labute approximate surface area is 61.6 Å². The van der Waals surface area contributed by atoms with Gasteiger partial charge in [0.15, 0.2) is 0 Å². The van der Waals surface area contributed by atoms with Crippen LogP contribution in [0.15, 0.2) is 0 Å². The Morgan fingerprint density at radius 3 is 2.80 bits per heavy atom. The summed E-state index contributed by atoms with van der Waals surface area (Å²) in [5.41, 5.74) is 0. The Balaban J connectivity index is 2.36. The lowest BCUT2D eigenvalue weighted by molar-refractivity contribution is -0.118. The molecule has 1 atom stereocenters. The molecule has 0 N–H and O–H groups in total. The van der Waals surface area contributed by atoms with E-state index < -0.39 is 0 Å². The summed E-state index contributed by atoms with van der Waals surface area (Å²) < 4.78 is 0. The first kappa shape index (κ1) is 7.54. The lowest BCUT2D eigenvalue weighted by Crippen LogP contribution is -2.32. The lowest BCUT2D eigenvalue weighted by Gasteiger charge is -2.18. The molecule has 10 heavy (non-hydrogen) atoms. The largest absolute Gasteiger partial charge is 0.344 e. The minimum atomic E-state index is 0.447. The third kappa shape index (κ3) is 1.48. The molecule has 1 amide bonds. The highest BCUT2D eigenvalue weighted by atomic mass is 16.1. The summed E-state index contributed by atoms with van der Waals surface area (Å²) in [5.74, 6) is 0. The highest BCUT2D eigenvalue weighted by Gasteiger charge is 2.21. The summed E-state index contributed by atoms with van der Waals surface area (Å²) in [4.78, 5) is 14.3. The number of carbonyl (C=O) groups is 1. The fourth-order valence-corrected chi connectivity index (χ4v) is 1.33. The van der Waals surface area contributed by atoms with E-state index in [0.29, 0.717) is 6.04 Å². The van der Waals surface area contributed by atoms with Crippen LogP contribution in [0.5, 0.6) is 0 Å². The van der Waals surface area contributed by atoms with Crippen LogP contribution >= 0.6 is 0 Å². The predicted octanol–water partition coefficient (Wildman–Crippen LogP) is -0.221. The van der Waals surface area contributed by atoms with E-state index in [1.165, 1.54) is 0 Å². The molecule has 1 rings (SSSR count). The second-order valence-electron chi connectivity index (χ2n) is 2.98. The van der Waals surface area contributed by atoms with E-state index in [0.717, 1.165) is 25.9 Å². The summed E-state index contributed by atoms with van der Waals surface area (Å²) in [5, 5.41) is 0. The van der Waals surface area contributed by atoms with Crippen LogP contribution in [0.2, 0.25) is 0 Å². The van der Waals surface area contributed by atoms with Gasteiger partial charge in [-0.15, -0.1) is 0 Å². The Bertz CT molecular complexity index is 127. The third-order valence-electron chi connectivity index (χ3n) is 2.11. The second kappa shape index (κ2) is 3.01. The van der Waals surface area contributed by atoms with Crippen molar-refractivity contribution in [2.75, 3.05) is 27.2 Å². The number of hydrogen-bond acceptors (Lipinski definition) is 2. The van der Waals surface area contributed by atoms with Crippen LogP contribution in [0.3, 0.4) is 0 Å². The maximum Gasteiger partial charge on any atom is 0.209 e. The fourth-order valence-electron chi connectivity index (χ4n) is 1.33. The molecule has 0 aromatic carbocycles. The van der Waals surface area contributed by atoms with E-state index in [1.807, 2.05) is 7.05 Å². The lowest BCUT2D eigenvalue weighted by atomic mass is 10.2. The zero-order valence-electron chi connectivity index (χ0n) is 6.58. The molecule has 0 bridgehead atoms. The molecule has 0 aliphatic carbocycles. The van der Waals surface area contributed by atoms with Crippen LogP contribution in [0.25, 0.3) is 0 Å². The molecular weight excluding hydrogens is 128 g/mol. The molecule has 0 radical (unpaired) electrons. The fraction of sp³-hybridized carbons (Fsp3) is 0.857. The van der Waals surface area contributed by atoms with Crippen molar-refractivity contribution in [3.8, 4) is 0 Å². The normalized spacial score (nSPS) is 26.8. The van der Waals surface area contributed by atoms with E-state index in [4.69, 9.17) is 0 Å². The molecular formula is C7H14N2O. The van der Waals surface area contributed by atoms with Gasteiger partial charge in [-0.25, -0.2) is 0 Å². The zero-order valence-corrected chi connectivity index (χ0v) is 6.58. The molecule has 58 valence electrons. The van der Waals surface area contributed by atoms with Gasteiger partial charge in [0.05, 0.1) is 0 Å². The molecule has 3 heteroatoms. The van der Waals surface area contributed by atoms with Gasteiger partial charge in [0.1, 0.15) is 0 Å². The summed E-state index contributed by atoms with van der Waals surface area (Å²) in [7, 11) is 3.93. The molecule has 1 fully saturated rings. The minimum absolute atomic E-state index is 0.447. The topological polar surface area (TPSA) is 23.6 Å². The van der Waals surface area contributed by atoms with E-state index in [2.05, 4.69) is 11.9 Å². The van der Waals surface area contributed by atoms with E-state index in [1.54, 1.807) is 4.90 Å². The van der Waals surface area contributed by atoms with Gasteiger partial charge in [0, 0.05) is 19.6 Å². The summed E-state index contributed by atoms with van der Waals surface area (Å²) in [6.45, 7) is 2.14. The monoisotopic (exact) mass is 142 g/mol. The molecule has 1 aliphatic rings. The minimum Gasteiger partial charge on any atom is -0.344 e. The molecule has 1 unspecified atom stereocenters. The van der Waals surface area contributed by atoms with Crippen LogP contribution in [0, 0.1) is 0 Å². The second-order valence-corrected chi connectivity index (χ2v) is 2.98. The molecule has 0 spiro atoms. The smallest absolute Gasteiger partial charge is 0.209 e. The van der Waals surface area contributed by atoms with Crippen molar-refractivity contribution in [2.24, 2.45) is 0 Å². The van der Waals surface area contributed by atoms with Crippen molar-refractivity contribution in [3.63, 3.8) is 0 Å². The van der Waals surface area contributed by atoms with Crippen LogP contribution in [-0.4, -0.2) is 49.4 Å². The quantitative estimate of drug-likeness (QED) is 0.498. The highest BCUT2D eigenvalue weighted by Crippen LogP contribution is 2.10. The molecule has 1 aliphatic heterocycles. The Kier molecular flexibility index (Phi) is 2.27. The molecule has 1 heterocycles. The number of amides is 1. The number of likely N-dealkylation sites (N-methyl/N-ethyl adjacent to an activating group) is 2. The van der Waals surface area contributed by atoms with Gasteiger partial charge in [-0.1, -0.05) is 0 Å². The van der Waals surface area contributed by atoms with Gasteiger partial charge in [-0.2, -0.15) is 0 Å². The van der Waals surface area contributed by atoms with Crippen LogP contribution in [-0.2, 0) is 4.79 Å². The Morgan fingerprint density at radius 2 is 2.40 bits per heavy atom. The summed E-state index contributed by atoms with van der Waals surface area (Å²) >= 11 is 0. The van der Waals surface area contributed by atoms with Crippen molar-refractivity contribution in [1.29, 1.82) is 0 Å². The van der Waals surface area contributed by atoms with Crippen LogP contribution < -0.4 is 0 Å². The van der Waals surface area contributed by atoms with Gasteiger partial charge < -0.3 is 9.80 Å².